The van der Waals surface area contributed by atoms with E-state index in [9.17, 15) is 9.59 Å². The van der Waals surface area contributed by atoms with E-state index in [1.165, 1.54) is 0 Å². The van der Waals surface area contributed by atoms with Crippen LogP contribution in [0.2, 0.25) is 0 Å². The van der Waals surface area contributed by atoms with Crippen molar-refractivity contribution >= 4 is 57.9 Å². The quantitative estimate of drug-likeness (QED) is 0.395. The van der Waals surface area contributed by atoms with Crippen LogP contribution in [0.4, 0.5) is 27.5 Å². The maximum Gasteiger partial charge on any atom is 0.323 e. The van der Waals surface area contributed by atoms with Gasteiger partial charge in [-0.25, -0.2) is 4.79 Å². The number of rotatable bonds is 11. The maximum absolute atomic E-state index is 12.4. The van der Waals surface area contributed by atoms with Crippen LogP contribution in [0.25, 0.3) is 0 Å². The van der Waals surface area contributed by atoms with Crippen LogP contribution in [0, 0.1) is 0 Å². The highest BCUT2D eigenvalue weighted by Crippen LogP contribution is 2.19. The zero-order valence-corrected chi connectivity index (χ0v) is 20.6. The lowest BCUT2D eigenvalue weighted by atomic mass is 10.2. The van der Waals surface area contributed by atoms with Crippen molar-refractivity contribution in [3.8, 4) is 0 Å². The Morgan fingerprint density at radius 2 is 1.32 bits per heavy atom. The molecule has 0 radical (unpaired) electrons. The van der Waals surface area contributed by atoms with Crippen molar-refractivity contribution in [3.05, 3.63) is 48.5 Å². The molecule has 0 aliphatic carbocycles. The summed E-state index contributed by atoms with van der Waals surface area (Å²) in [5.74, 6) is 0.982. The molecule has 0 atom stereocenters. The van der Waals surface area contributed by atoms with E-state index in [0.717, 1.165) is 32.0 Å². The first-order chi connectivity index (χ1) is 16.6. The van der Waals surface area contributed by atoms with Gasteiger partial charge in [0.2, 0.25) is 5.91 Å². The van der Waals surface area contributed by atoms with Crippen LogP contribution in [0.15, 0.2) is 48.5 Å². The minimum Gasteiger partial charge on any atom is -0.379 e. The molecule has 184 valence electrons. The third-order valence-electron chi connectivity index (χ3n) is 5.38. The fraction of sp³-hybridized carbons (Fsp3) is 0.417. The molecular formula is C24H31Cl2N5O3. The average molecular weight is 508 g/mol. The molecule has 10 heteroatoms. The number of halogens is 2. The Bertz CT molecular complexity index is 900. The molecule has 3 rings (SSSR count). The van der Waals surface area contributed by atoms with E-state index in [2.05, 4.69) is 25.8 Å². The number of hydrogen-bond acceptors (Lipinski definition) is 5. The van der Waals surface area contributed by atoms with Gasteiger partial charge in [-0.15, -0.1) is 23.2 Å². The van der Waals surface area contributed by atoms with E-state index in [4.69, 9.17) is 27.9 Å². The first kappa shape index (κ1) is 26.1. The third-order valence-corrected chi connectivity index (χ3v) is 5.72. The van der Waals surface area contributed by atoms with Crippen LogP contribution in [0.1, 0.15) is 6.42 Å². The lowest BCUT2D eigenvalue weighted by Crippen LogP contribution is -2.38. The molecule has 3 amide bonds. The van der Waals surface area contributed by atoms with Gasteiger partial charge in [0, 0.05) is 73.7 Å². The number of nitrogens with one attached hydrogen (secondary N) is 3. The predicted octanol–water partition coefficient (Wildman–Crippen LogP) is 4.28. The van der Waals surface area contributed by atoms with Crippen LogP contribution < -0.4 is 20.9 Å². The number of anilines is 4. The molecule has 34 heavy (non-hydrogen) atoms. The van der Waals surface area contributed by atoms with Crippen LogP contribution >= 0.6 is 23.2 Å². The summed E-state index contributed by atoms with van der Waals surface area (Å²) in [5, 5.41) is 8.49. The van der Waals surface area contributed by atoms with Crippen molar-refractivity contribution in [1.29, 1.82) is 0 Å². The van der Waals surface area contributed by atoms with Crippen molar-refractivity contribution in [2.75, 3.05) is 78.5 Å². The summed E-state index contributed by atoms with van der Waals surface area (Å²) in [7, 11) is 0. The fourth-order valence-corrected chi connectivity index (χ4v) is 3.98. The number of amides is 3. The minimum atomic E-state index is -0.353. The number of morpholine rings is 1. The number of hydrogen-bond donors (Lipinski definition) is 3. The molecule has 3 N–H and O–H groups in total. The highest BCUT2D eigenvalue weighted by molar-refractivity contribution is 6.18. The van der Waals surface area contributed by atoms with Gasteiger partial charge < -0.3 is 25.6 Å². The van der Waals surface area contributed by atoms with Crippen molar-refractivity contribution in [1.82, 2.24) is 4.90 Å². The molecule has 2 aromatic carbocycles. The van der Waals surface area contributed by atoms with Crippen LogP contribution in [-0.2, 0) is 9.53 Å². The zero-order valence-electron chi connectivity index (χ0n) is 19.1. The molecule has 1 aliphatic rings. The Morgan fingerprint density at radius 3 is 1.85 bits per heavy atom. The van der Waals surface area contributed by atoms with E-state index in [0.29, 0.717) is 54.9 Å². The molecule has 1 saturated heterocycles. The third kappa shape index (κ3) is 8.68. The second-order valence-electron chi connectivity index (χ2n) is 7.82. The zero-order chi connectivity index (χ0) is 24.2. The Balaban J connectivity index is 1.43. The molecule has 0 bridgehead atoms. The number of carbonyl (C=O) groups excluding carboxylic acids is 2. The van der Waals surface area contributed by atoms with Gasteiger partial charge in [0.25, 0.3) is 0 Å². The lowest BCUT2D eigenvalue weighted by Gasteiger charge is -2.26. The van der Waals surface area contributed by atoms with E-state index in [1.807, 2.05) is 24.3 Å². The minimum absolute atomic E-state index is 0.0379. The van der Waals surface area contributed by atoms with Crippen LogP contribution in [0.5, 0.6) is 0 Å². The van der Waals surface area contributed by atoms with E-state index in [-0.39, 0.29) is 11.9 Å². The molecule has 0 aromatic heterocycles. The second-order valence-corrected chi connectivity index (χ2v) is 8.58. The smallest absolute Gasteiger partial charge is 0.323 e. The van der Waals surface area contributed by atoms with Crippen molar-refractivity contribution in [2.45, 2.75) is 6.42 Å². The summed E-state index contributed by atoms with van der Waals surface area (Å²) in [6.07, 6.45) is 0.427. The Kier molecular flexibility index (Phi) is 10.8. The molecule has 0 saturated carbocycles. The van der Waals surface area contributed by atoms with Crippen molar-refractivity contribution in [3.63, 3.8) is 0 Å². The van der Waals surface area contributed by atoms with E-state index in [1.54, 1.807) is 24.3 Å². The summed E-state index contributed by atoms with van der Waals surface area (Å²) in [6, 6.07) is 14.2. The molecule has 1 heterocycles. The van der Waals surface area contributed by atoms with Crippen LogP contribution in [-0.4, -0.2) is 74.5 Å². The van der Waals surface area contributed by atoms with Gasteiger partial charge in [-0.1, -0.05) is 0 Å². The first-order valence-corrected chi connectivity index (χ1v) is 12.4. The molecular weight excluding hydrogens is 477 g/mol. The summed E-state index contributed by atoms with van der Waals surface area (Å²) in [6.45, 7) is 5.28. The van der Waals surface area contributed by atoms with Gasteiger partial charge in [-0.2, -0.15) is 0 Å². The molecule has 1 aliphatic heterocycles. The number of urea groups is 1. The molecule has 0 spiro atoms. The van der Waals surface area contributed by atoms with Gasteiger partial charge in [0.15, 0.2) is 0 Å². The number of ether oxygens (including phenoxy) is 1. The number of alkyl halides is 2. The Hall–Kier alpha value is -2.52. The highest BCUT2D eigenvalue weighted by Gasteiger charge is 2.12. The largest absolute Gasteiger partial charge is 0.379 e. The summed E-state index contributed by atoms with van der Waals surface area (Å²) in [5.41, 5.74) is 2.97. The van der Waals surface area contributed by atoms with Crippen LogP contribution in [0.3, 0.4) is 0 Å². The molecule has 1 fully saturated rings. The van der Waals surface area contributed by atoms with Gasteiger partial charge in [0.1, 0.15) is 0 Å². The first-order valence-electron chi connectivity index (χ1n) is 11.3. The number of carbonyl (C=O) groups is 2. The Morgan fingerprint density at radius 1 is 0.824 bits per heavy atom. The number of nitrogens with zero attached hydrogens (tertiary/aromatic N) is 2. The highest BCUT2D eigenvalue weighted by atomic mass is 35.5. The van der Waals surface area contributed by atoms with Gasteiger partial charge in [-0.05, 0) is 48.5 Å². The normalized spacial score (nSPS) is 13.8. The lowest BCUT2D eigenvalue weighted by molar-refractivity contribution is -0.116. The summed E-state index contributed by atoms with van der Waals surface area (Å²) >= 11 is 11.7. The average Bonchev–Trinajstić information content (AvgIpc) is 2.85. The Labute approximate surface area is 210 Å². The monoisotopic (exact) mass is 507 g/mol. The van der Waals surface area contributed by atoms with Gasteiger partial charge >= 0.3 is 6.03 Å². The summed E-state index contributed by atoms with van der Waals surface area (Å²) < 4.78 is 5.32. The fourth-order valence-electron chi connectivity index (χ4n) is 3.57. The topological polar surface area (TPSA) is 85.9 Å². The van der Waals surface area contributed by atoms with E-state index >= 15 is 0 Å². The SMILES string of the molecule is O=C(CCN1CCOCC1)Nc1ccc(NC(=O)Nc2ccc(N(CCCl)CCCl)cc2)cc1. The maximum atomic E-state index is 12.4. The predicted molar refractivity (Wildman–Crippen MR) is 140 cm³/mol. The summed E-state index contributed by atoms with van der Waals surface area (Å²) in [4.78, 5) is 28.9. The standard InChI is InChI=1S/C24H31Cl2N5O3/c25-10-13-31(14-11-26)22-7-5-21(6-8-22)29-24(33)28-20-3-1-19(2-4-20)27-23(32)9-12-30-15-17-34-18-16-30/h1-8H,9-18H2,(H,27,32)(H2,28,29,33). The van der Waals surface area contributed by atoms with Crippen molar-refractivity contribution < 1.29 is 14.3 Å². The van der Waals surface area contributed by atoms with Gasteiger partial charge in [-0.3, -0.25) is 9.69 Å². The molecule has 0 unspecified atom stereocenters. The van der Waals surface area contributed by atoms with Crippen molar-refractivity contribution in [2.24, 2.45) is 0 Å². The number of benzene rings is 2. The van der Waals surface area contributed by atoms with Gasteiger partial charge in [0.05, 0.1) is 13.2 Å². The second kappa shape index (κ2) is 14.0. The molecule has 2 aromatic rings. The van der Waals surface area contributed by atoms with E-state index < -0.39 is 0 Å². The molecule has 8 nitrogen and oxygen atoms in total.